The Labute approximate surface area is 179 Å². The molecule has 0 amide bonds. The zero-order valence-electron chi connectivity index (χ0n) is 16.8. The monoisotopic (exact) mass is 469 g/mol. The van der Waals surface area contributed by atoms with Crippen molar-refractivity contribution in [2.24, 2.45) is 0 Å². The molecule has 4 aromatic rings. The number of rotatable bonds is 7. The summed E-state index contributed by atoms with van der Waals surface area (Å²) in [6.07, 6.45) is 7.51. The summed E-state index contributed by atoms with van der Waals surface area (Å²) >= 11 is 3.48. The zero-order chi connectivity index (χ0) is 20.4. The van der Waals surface area contributed by atoms with Crippen LogP contribution in [0.2, 0.25) is 25.7 Å². The maximum absolute atomic E-state index is 5.81. The molecule has 0 N–H and O–H groups in total. The second-order valence-electron chi connectivity index (χ2n) is 8.24. The Kier molecular flexibility index (Phi) is 5.66. The number of imidazole rings is 1. The van der Waals surface area contributed by atoms with Gasteiger partial charge in [0.2, 0.25) is 0 Å². The molecule has 0 saturated carbocycles. The molecule has 0 radical (unpaired) electrons. The van der Waals surface area contributed by atoms with Crippen LogP contribution < -0.4 is 0 Å². The van der Waals surface area contributed by atoms with Gasteiger partial charge in [-0.25, -0.2) is 14.6 Å². The third kappa shape index (κ3) is 4.83. The average Bonchev–Trinajstić information content (AvgIpc) is 3.33. The molecule has 0 spiro atoms. The highest BCUT2D eigenvalue weighted by molar-refractivity contribution is 9.10. The van der Waals surface area contributed by atoms with Crippen LogP contribution in [0.5, 0.6) is 0 Å². The van der Waals surface area contributed by atoms with Gasteiger partial charge >= 0.3 is 0 Å². The zero-order valence-corrected chi connectivity index (χ0v) is 19.4. The van der Waals surface area contributed by atoms with Gasteiger partial charge in [-0.2, -0.15) is 5.10 Å². The fourth-order valence-corrected chi connectivity index (χ4v) is 4.00. The van der Waals surface area contributed by atoms with Crippen molar-refractivity contribution in [1.82, 2.24) is 24.1 Å². The lowest BCUT2D eigenvalue weighted by Crippen LogP contribution is -2.22. The molecule has 0 fully saturated rings. The Bertz CT molecular complexity index is 1110. The summed E-state index contributed by atoms with van der Waals surface area (Å²) in [6.45, 7) is 8.27. The van der Waals surface area contributed by atoms with Crippen LogP contribution >= 0.6 is 15.9 Å². The fourth-order valence-electron chi connectivity index (χ4n) is 2.98. The van der Waals surface area contributed by atoms with Gasteiger partial charge in [-0.1, -0.05) is 47.7 Å². The maximum Gasteiger partial charge on any atom is 0.149 e. The number of benzene rings is 1. The van der Waals surface area contributed by atoms with Crippen molar-refractivity contribution in [3.8, 4) is 22.6 Å². The predicted octanol–water partition coefficient (Wildman–Crippen LogP) is 5.33. The molecule has 29 heavy (non-hydrogen) atoms. The van der Waals surface area contributed by atoms with Gasteiger partial charge in [-0.3, -0.25) is 4.40 Å². The Morgan fingerprint density at radius 1 is 1.10 bits per heavy atom. The molecule has 3 heterocycles. The summed E-state index contributed by atoms with van der Waals surface area (Å²) in [7, 11) is -1.09. The van der Waals surface area contributed by atoms with Crippen molar-refractivity contribution in [2.75, 3.05) is 6.61 Å². The smallest absolute Gasteiger partial charge is 0.149 e. The number of aromatic nitrogens is 5. The van der Waals surface area contributed by atoms with E-state index in [1.807, 2.05) is 58.0 Å². The number of ether oxygens (including phenoxy) is 1. The molecule has 3 aromatic heterocycles. The molecular formula is C21H24BrN5OSi. The Morgan fingerprint density at radius 2 is 1.90 bits per heavy atom. The lowest BCUT2D eigenvalue weighted by atomic mass is 10.1. The first kappa shape index (κ1) is 20.0. The normalized spacial score (nSPS) is 12.0. The van der Waals surface area contributed by atoms with Crippen molar-refractivity contribution in [1.29, 1.82) is 0 Å². The van der Waals surface area contributed by atoms with Gasteiger partial charge in [0.25, 0.3) is 0 Å². The van der Waals surface area contributed by atoms with Gasteiger partial charge in [0.1, 0.15) is 18.2 Å². The fraction of sp³-hybridized carbons (Fsp3) is 0.286. The summed E-state index contributed by atoms with van der Waals surface area (Å²) in [5.74, 6) is 0.811. The van der Waals surface area contributed by atoms with Crippen LogP contribution in [-0.4, -0.2) is 38.8 Å². The summed E-state index contributed by atoms with van der Waals surface area (Å²) in [4.78, 5) is 9.37. The number of fused-ring (bicyclic) bond motifs is 1. The van der Waals surface area contributed by atoms with E-state index in [0.29, 0.717) is 6.73 Å². The molecular weight excluding hydrogens is 446 g/mol. The molecule has 0 unspecified atom stereocenters. The summed E-state index contributed by atoms with van der Waals surface area (Å²) in [5, 5.41) is 4.45. The molecule has 0 aliphatic heterocycles. The molecule has 8 heteroatoms. The maximum atomic E-state index is 5.81. The van der Waals surface area contributed by atoms with E-state index in [4.69, 9.17) is 9.72 Å². The largest absolute Gasteiger partial charge is 0.360 e. The molecule has 6 nitrogen and oxygen atoms in total. The third-order valence-electron chi connectivity index (χ3n) is 4.64. The molecule has 150 valence electrons. The van der Waals surface area contributed by atoms with Crippen LogP contribution in [0.3, 0.4) is 0 Å². The lowest BCUT2D eigenvalue weighted by molar-refractivity contribution is 0.0786. The SMILES string of the molecule is C[Si](C)(C)CCOCn1cc(-c2nc(-c3ccc(Br)cc3)cc3nccn23)cn1. The van der Waals surface area contributed by atoms with Crippen LogP contribution in [0.25, 0.3) is 28.3 Å². The molecule has 1 aromatic carbocycles. The molecule has 0 aliphatic rings. The number of hydrogen-bond acceptors (Lipinski definition) is 4. The summed E-state index contributed by atoms with van der Waals surface area (Å²) in [5.41, 5.74) is 3.71. The number of nitrogens with zero attached hydrogens (tertiary/aromatic N) is 5. The Morgan fingerprint density at radius 3 is 2.66 bits per heavy atom. The Balaban J connectivity index is 1.60. The molecule has 0 saturated heterocycles. The van der Waals surface area contributed by atoms with Crippen LogP contribution in [0.15, 0.2) is 59.6 Å². The van der Waals surface area contributed by atoms with Crippen molar-refractivity contribution in [3.63, 3.8) is 0 Å². The van der Waals surface area contributed by atoms with E-state index in [2.05, 4.69) is 45.7 Å². The minimum absolute atomic E-state index is 0.448. The van der Waals surface area contributed by atoms with E-state index in [1.165, 1.54) is 0 Å². The highest BCUT2D eigenvalue weighted by Crippen LogP contribution is 2.25. The van der Waals surface area contributed by atoms with Gasteiger partial charge in [-0.05, 0) is 18.2 Å². The van der Waals surface area contributed by atoms with E-state index in [1.54, 1.807) is 6.20 Å². The first-order valence-corrected chi connectivity index (χ1v) is 14.1. The van der Waals surface area contributed by atoms with Crippen molar-refractivity contribution >= 4 is 29.7 Å². The molecule has 0 bridgehead atoms. The molecule has 0 aliphatic carbocycles. The van der Waals surface area contributed by atoms with E-state index >= 15 is 0 Å². The van der Waals surface area contributed by atoms with E-state index < -0.39 is 8.07 Å². The van der Waals surface area contributed by atoms with Gasteiger partial charge < -0.3 is 4.74 Å². The van der Waals surface area contributed by atoms with Crippen LogP contribution in [0.4, 0.5) is 0 Å². The second-order valence-corrected chi connectivity index (χ2v) is 14.8. The first-order chi connectivity index (χ1) is 13.9. The van der Waals surface area contributed by atoms with E-state index in [-0.39, 0.29) is 0 Å². The quantitative estimate of drug-likeness (QED) is 0.271. The van der Waals surface area contributed by atoms with Crippen LogP contribution in [0.1, 0.15) is 0 Å². The highest BCUT2D eigenvalue weighted by Gasteiger charge is 2.14. The lowest BCUT2D eigenvalue weighted by Gasteiger charge is -2.15. The minimum Gasteiger partial charge on any atom is -0.360 e. The minimum atomic E-state index is -1.09. The standard InChI is InChI=1S/C21H24BrN5OSi/c1-29(2,3)11-10-28-15-26-14-17(13-24-26)21-25-19(12-20-23-8-9-27(20)21)16-4-6-18(22)7-5-16/h4-9,12-14H,10-11,15H2,1-3H3. The predicted molar refractivity (Wildman–Crippen MR) is 121 cm³/mol. The number of hydrogen-bond donors (Lipinski definition) is 0. The van der Waals surface area contributed by atoms with Gasteiger partial charge in [0.15, 0.2) is 0 Å². The highest BCUT2D eigenvalue weighted by atomic mass is 79.9. The molecule has 4 rings (SSSR count). The topological polar surface area (TPSA) is 57.2 Å². The van der Waals surface area contributed by atoms with Gasteiger partial charge in [0, 0.05) is 49.4 Å². The van der Waals surface area contributed by atoms with E-state index in [0.717, 1.165) is 45.4 Å². The van der Waals surface area contributed by atoms with Crippen molar-refractivity contribution in [2.45, 2.75) is 32.4 Å². The van der Waals surface area contributed by atoms with Crippen molar-refractivity contribution in [3.05, 3.63) is 59.6 Å². The van der Waals surface area contributed by atoms with Crippen LogP contribution in [0, 0.1) is 0 Å². The van der Waals surface area contributed by atoms with Gasteiger partial charge in [-0.15, -0.1) is 0 Å². The second kappa shape index (κ2) is 8.21. The average molecular weight is 470 g/mol. The third-order valence-corrected chi connectivity index (χ3v) is 6.87. The molecule has 0 atom stereocenters. The first-order valence-electron chi connectivity index (χ1n) is 9.60. The van der Waals surface area contributed by atoms with Crippen molar-refractivity contribution < 1.29 is 4.74 Å². The van der Waals surface area contributed by atoms with E-state index in [9.17, 15) is 0 Å². The Hall–Kier alpha value is -2.29. The van der Waals surface area contributed by atoms with Gasteiger partial charge in [0.05, 0.1) is 17.5 Å². The number of halogens is 1. The summed E-state index contributed by atoms with van der Waals surface area (Å²) in [6, 6.07) is 11.3. The van der Waals surface area contributed by atoms with Crippen LogP contribution in [-0.2, 0) is 11.5 Å². The summed E-state index contributed by atoms with van der Waals surface area (Å²) < 4.78 is 10.7.